The van der Waals surface area contributed by atoms with Gasteiger partial charge in [0.2, 0.25) is 5.91 Å². The molecule has 2 aromatic carbocycles. The Hall–Kier alpha value is -2.14. The molecule has 24 heavy (non-hydrogen) atoms. The Balaban J connectivity index is 1.88. The zero-order chi connectivity index (χ0) is 17.5. The normalized spacial score (nSPS) is 10.3. The molecule has 1 amide bonds. The number of hydrogen-bond donors (Lipinski definition) is 1. The Labute approximate surface area is 147 Å². The number of amides is 1. The maximum Gasteiger partial charge on any atom is 0.230 e. The van der Waals surface area contributed by atoms with E-state index in [1.807, 2.05) is 18.2 Å². The third-order valence-corrected chi connectivity index (χ3v) is 4.80. The van der Waals surface area contributed by atoms with Crippen molar-refractivity contribution in [3.05, 3.63) is 53.1 Å². The molecule has 5 heteroatoms. The number of nitrogens with one attached hydrogen (secondary N) is 1. The number of hydrogen-bond acceptors (Lipinski definition) is 4. The van der Waals surface area contributed by atoms with Crippen molar-refractivity contribution in [3.8, 4) is 11.5 Å². The van der Waals surface area contributed by atoms with Crippen molar-refractivity contribution in [2.75, 3.05) is 20.0 Å². The Kier molecular flexibility index (Phi) is 6.55. The molecule has 0 bridgehead atoms. The Morgan fingerprint density at radius 2 is 1.79 bits per heavy atom. The summed E-state index contributed by atoms with van der Waals surface area (Å²) in [5, 5.41) is 2.94. The van der Waals surface area contributed by atoms with Gasteiger partial charge >= 0.3 is 0 Å². The first-order chi connectivity index (χ1) is 11.5. The molecule has 0 aliphatic rings. The van der Waals surface area contributed by atoms with Crippen LogP contribution in [0.15, 0.2) is 41.3 Å². The van der Waals surface area contributed by atoms with E-state index >= 15 is 0 Å². The molecule has 0 fully saturated rings. The fourth-order valence-electron chi connectivity index (χ4n) is 2.25. The highest BCUT2D eigenvalue weighted by Gasteiger charge is 2.08. The summed E-state index contributed by atoms with van der Waals surface area (Å²) >= 11 is 1.56. The summed E-state index contributed by atoms with van der Waals surface area (Å²) in [7, 11) is 3.20. The first kappa shape index (κ1) is 18.2. The van der Waals surface area contributed by atoms with Gasteiger partial charge in [0.05, 0.1) is 20.0 Å². The van der Waals surface area contributed by atoms with Gasteiger partial charge in [0, 0.05) is 11.4 Å². The number of ether oxygens (including phenoxy) is 2. The van der Waals surface area contributed by atoms with Gasteiger partial charge in [0.1, 0.15) is 0 Å². The van der Waals surface area contributed by atoms with Gasteiger partial charge in [-0.25, -0.2) is 0 Å². The molecule has 0 saturated heterocycles. The van der Waals surface area contributed by atoms with Crippen molar-refractivity contribution in [1.29, 1.82) is 0 Å². The van der Waals surface area contributed by atoms with Gasteiger partial charge in [-0.2, -0.15) is 0 Å². The number of rotatable bonds is 7. The van der Waals surface area contributed by atoms with E-state index < -0.39 is 0 Å². The predicted molar refractivity (Wildman–Crippen MR) is 98.0 cm³/mol. The summed E-state index contributed by atoms with van der Waals surface area (Å²) in [6, 6.07) is 11.9. The summed E-state index contributed by atoms with van der Waals surface area (Å²) in [5.74, 6) is 1.75. The Morgan fingerprint density at radius 3 is 2.50 bits per heavy atom. The van der Waals surface area contributed by atoms with Crippen molar-refractivity contribution >= 4 is 17.7 Å². The van der Waals surface area contributed by atoms with E-state index in [4.69, 9.17) is 9.47 Å². The average Bonchev–Trinajstić information content (AvgIpc) is 2.60. The van der Waals surface area contributed by atoms with Crippen LogP contribution in [0.3, 0.4) is 0 Å². The lowest BCUT2D eigenvalue weighted by molar-refractivity contribution is -0.118. The topological polar surface area (TPSA) is 47.6 Å². The number of carbonyl (C=O) groups is 1. The highest BCUT2D eigenvalue weighted by atomic mass is 32.2. The van der Waals surface area contributed by atoms with E-state index in [1.165, 1.54) is 11.1 Å². The van der Waals surface area contributed by atoms with Crippen LogP contribution in [0, 0.1) is 13.8 Å². The molecule has 4 nitrogen and oxygen atoms in total. The van der Waals surface area contributed by atoms with E-state index in [1.54, 1.807) is 26.0 Å². The predicted octanol–water partition coefficient (Wildman–Crippen LogP) is 3.73. The third kappa shape index (κ3) is 4.93. The highest BCUT2D eigenvalue weighted by Crippen LogP contribution is 2.27. The number of thioether (sulfide) groups is 1. The van der Waals surface area contributed by atoms with Gasteiger partial charge in [-0.3, -0.25) is 4.79 Å². The largest absolute Gasteiger partial charge is 0.493 e. The second-order valence-corrected chi connectivity index (χ2v) is 6.54. The fourth-order valence-corrected chi connectivity index (χ4v) is 3.20. The summed E-state index contributed by atoms with van der Waals surface area (Å²) in [6.45, 7) is 4.58. The van der Waals surface area contributed by atoms with Crippen LogP contribution in [0.25, 0.3) is 0 Å². The standard InChI is InChI=1S/C19H23NO3S/c1-13-5-6-14(2)18(9-13)24-12-19(21)20-11-15-7-8-16(22-3)17(10-15)23-4/h5-10H,11-12H2,1-4H3,(H,20,21). The van der Waals surface area contributed by atoms with Gasteiger partial charge in [0.25, 0.3) is 0 Å². The van der Waals surface area contributed by atoms with Crippen LogP contribution in [0.1, 0.15) is 16.7 Å². The lowest BCUT2D eigenvalue weighted by atomic mass is 10.2. The second-order valence-electron chi connectivity index (χ2n) is 5.52. The number of methoxy groups -OCH3 is 2. The zero-order valence-electron chi connectivity index (χ0n) is 14.5. The monoisotopic (exact) mass is 345 g/mol. The van der Waals surface area contributed by atoms with Gasteiger partial charge in [-0.15, -0.1) is 11.8 Å². The minimum Gasteiger partial charge on any atom is -0.493 e. The molecule has 0 saturated carbocycles. The molecule has 2 aromatic rings. The maximum absolute atomic E-state index is 12.1. The van der Waals surface area contributed by atoms with Gasteiger partial charge in [0.15, 0.2) is 11.5 Å². The van der Waals surface area contributed by atoms with Gasteiger partial charge in [-0.05, 0) is 43.2 Å². The summed E-state index contributed by atoms with van der Waals surface area (Å²) < 4.78 is 10.5. The highest BCUT2D eigenvalue weighted by molar-refractivity contribution is 8.00. The van der Waals surface area contributed by atoms with Crippen LogP contribution in [0.2, 0.25) is 0 Å². The van der Waals surface area contributed by atoms with E-state index in [0.29, 0.717) is 23.8 Å². The van der Waals surface area contributed by atoms with E-state index in [2.05, 4.69) is 37.4 Å². The molecule has 2 rings (SSSR count). The summed E-state index contributed by atoms with van der Waals surface area (Å²) in [4.78, 5) is 13.2. The lowest BCUT2D eigenvalue weighted by Gasteiger charge is -2.11. The number of carbonyl (C=O) groups excluding carboxylic acids is 1. The van der Waals surface area contributed by atoms with Crippen molar-refractivity contribution < 1.29 is 14.3 Å². The quantitative estimate of drug-likeness (QED) is 0.777. The van der Waals surface area contributed by atoms with Crippen LogP contribution in [0.5, 0.6) is 11.5 Å². The van der Waals surface area contributed by atoms with Crippen molar-refractivity contribution in [2.24, 2.45) is 0 Å². The zero-order valence-corrected chi connectivity index (χ0v) is 15.3. The molecule has 0 radical (unpaired) electrons. The van der Waals surface area contributed by atoms with Crippen LogP contribution < -0.4 is 14.8 Å². The third-order valence-electron chi connectivity index (χ3n) is 3.64. The molecule has 0 aromatic heterocycles. The Morgan fingerprint density at radius 1 is 1.04 bits per heavy atom. The first-order valence-electron chi connectivity index (χ1n) is 7.71. The summed E-state index contributed by atoms with van der Waals surface area (Å²) in [5.41, 5.74) is 3.37. The van der Waals surface area contributed by atoms with Gasteiger partial charge < -0.3 is 14.8 Å². The maximum atomic E-state index is 12.1. The lowest BCUT2D eigenvalue weighted by Crippen LogP contribution is -2.24. The molecule has 0 spiro atoms. The Bertz CT molecular complexity index is 716. The molecule has 0 aliphatic heterocycles. The fraction of sp³-hybridized carbons (Fsp3) is 0.316. The molecule has 128 valence electrons. The minimum atomic E-state index is 0.00990. The van der Waals surface area contributed by atoms with Crippen molar-refractivity contribution in [2.45, 2.75) is 25.3 Å². The van der Waals surface area contributed by atoms with Gasteiger partial charge in [-0.1, -0.05) is 23.8 Å². The summed E-state index contributed by atoms with van der Waals surface area (Å²) in [6.07, 6.45) is 0. The first-order valence-corrected chi connectivity index (χ1v) is 8.69. The van der Waals surface area contributed by atoms with Crippen LogP contribution in [-0.2, 0) is 11.3 Å². The van der Waals surface area contributed by atoms with E-state index in [0.717, 1.165) is 10.5 Å². The minimum absolute atomic E-state index is 0.00990. The van der Waals surface area contributed by atoms with E-state index in [-0.39, 0.29) is 5.91 Å². The number of aryl methyl sites for hydroxylation is 2. The van der Waals surface area contributed by atoms with Crippen LogP contribution in [-0.4, -0.2) is 25.9 Å². The van der Waals surface area contributed by atoms with E-state index in [9.17, 15) is 4.79 Å². The SMILES string of the molecule is COc1ccc(CNC(=O)CSc2cc(C)ccc2C)cc1OC. The van der Waals surface area contributed by atoms with Crippen LogP contribution >= 0.6 is 11.8 Å². The van der Waals surface area contributed by atoms with Crippen molar-refractivity contribution in [3.63, 3.8) is 0 Å². The molecule has 0 heterocycles. The van der Waals surface area contributed by atoms with Crippen molar-refractivity contribution in [1.82, 2.24) is 5.32 Å². The average molecular weight is 345 g/mol. The molecule has 1 N–H and O–H groups in total. The molecular weight excluding hydrogens is 322 g/mol. The molecular formula is C19H23NO3S. The molecule has 0 unspecified atom stereocenters. The smallest absolute Gasteiger partial charge is 0.230 e. The van der Waals surface area contributed by atoms with Crippen LogP contribution in [0.4, 0.5) is 0 Å². The number of benzene rings is 2. The molecule has 0 atom stereocenters. The second kappa shape index (κ2) is 8.64. The molecule has 0 aliphatic carbocycles.